The van der Waals surface area contributed by atoms with E-state index in [2.05, 4.69) is 0 Å². The van der Waals surface area contributed by atoms with E-state index >= 15 is 0 Å². The number of aliphatic hydroxyl groups is 1. The van der Waals surface area contributed by atoms with Crippen LogP contribution in [0.5, 0.6) is 0 Å². The minimum atomic E-state index is -0.519. The molecule has 2 aromatic carbocycles. The molecule has 0 amide bonds. The minimum Gasteiger partial charge on any atom is -0.388 e. The van der Waals surface area contributed by atoms with Crippen molar-refractivity contribution in [1.82, 2.24) is 0 Å². The Morgan fingerprint density at radius 2 is 1.58 bits per heavy atom. The smallest absolute Gasteiger partial charge is 0.172 e. The molecule has 0 aliphatic rings. The number of Topliss-reactive ketones (excluding diaryl/α,β-unsaturated/α-hetero) is 1. The molecule has 0 saturated carbocycles. The molecule has 2 rings (SSSR count). The van der Waals surface area contributed by atoms with Crippen LogP contribution in [-0.4, -0.2) is 22.4 Å². The molecule has 0 aromatic heterocycles. The highest BCUT2D eigenvalue weighted by Crippen LogP contribution is 2.18. The zero-order valence-electron chi connectivity index (χ0n) is 10.5. The fourth-order valence-electron chi connectivity index (χ4n) is 1.74. The summed E-state index contributed by atoms with van der Waals surface area (Å²) in [5.41, 5.74) is 1.62. The first-order chi connectivity index (χ1) is 9.27. The Kier molecular flexibility index (Phi) is 5.19. The van der Waals surface area contributed by atoms with E-state index in [1.807, 2.05) is 60.7 Å². The molecule has 2 aromatic rings. The van der Waals surface area contributed by atoms with E-state index in [-0.39, 0.29) is 5.78 Å². The van der Waals surface area contributed by atoms with E-state index in [0.29, 0.717) is 11.5 Å². The van der Waals surface area contributed by atoms with Gasteiger partial charge in [0.15, 0.2) is 5.78 Å². The topological polar surface area (TPSA) is 37.3 Å². The van der Waals surface area contributed by atoms with Crippen LogP contribution in [0.15, 0.2) is 60.7 Å². The second-order valence-corrected chi connectivity index (χ2v) is 5.26. The van der Waals surface area contributed by atoms with Crippen molar-refractivity contribution in [2.45, 2.75) is 6.10 Å². The van der Waals surface area contributed by atoms with Gasteiger partial charge in [0.2, 0.25) is 0 Å². The highest BCUT2D eigenvalue weighted by atomic mass is 32.2. The molecule has 0 bridgehead atoms. The van der Waals surface area contributed by atoms with Gasteiger partial charge >= 0.3 is 0 Å². The predicted molar refractivity (Wildman–Crippen MR) is 79.5 cm³/mol. The molecule has 3 heteroatoms. The Balaban J connectivity index is 1.79. The van der Waals surface area contributed by atoms with Crippen LogP contribution >= 0.6 is 11.8 Å². The molecule has 1 N–H and O–H groups in total. The summed E-state index contributed by atoms with van der Waals surface area (Å²) in [5.74, 6) is 1.03. The quantitative estimate of drug-likeness (QED) is 0.820. The number of thioether (sulfide) groups is 1. The second-order valence-electron chi connectivity index (χ2n) is 4.23. The van der Waals surface area contributed by atoms with Gasteiger partial charge in [0, 0.05) is 11.3 Å². The molecule has 1 atom stereocenters. The first-order valence-corrected chi connectivity index (χ1v) is 7.32. The Hall–Kier alpha value is -1.58. The molecule has 0 heterocycles. The molecule has 0 radical (unpaired) electrons. The van der Waals surface area contributed by atoms with Crippen LogP contribution in [0, 0.1) is 0 Å². The normalized spacial score (nSPS) is 12.1. The van der Waals surface area contributed by atoms with Gasteiger partial charge in [0.1, 0.15) is 0 Å². The molecular weight excluding hydrogens is 256 g/mol. The zero-order valence-corrected chi connectivity index (χ0v) is 11.3. The minimum absolute atomic E-state index is 0.103. The van der Waals surface area contributed by atoms with Gasteiger partial charge in [-0.2, -0.15) is 11.8 Å². The van der Waals surface area contributed by atoms with Gasteiger partial charge in [-0.1, -0.05) is 60.7 Å². The SMILES string of the molecule is O=C(CSCC(O)c1ccccc1)c1ccccc1. The molecule has 2 nitrogen and oxygen atoms in total. The van der Waals surface area contributed by atoms with Crippen LogP contribution < -0.4 is 0 Å². The van der Waals surface area contributed by atoms with Gasteiger partial charge in [-0.3, -0.25) is 4.79 Å². The van der Waals surface area contributed by atoms with Gasteiger partial charge in [-0.05, 0) is 5.56 Å². The van der Waals surface area contributed by atoms with Gasteiger partial charge in [0.05, 0.1) is 11.9 Å². The maximum Gasteiger partial charge on any atom is 0.172 e. The van der Waals surface area contributed by atoms with E-state index in [0.717, 1.165) is 11.1 Å². The predicted octanol–water partition coefficient (Wildman–Crippen LogP) is 3.34. The van der Waals surface area contributed by atoms with E-state index in [1.54, 1.807) is 0 Å². The maximum atomic E-state index is 11.9. The molecule has 19 heavy (non-hydrogen) atoms. The first kappa shape index (κ1) is 13.8. The number of carbonyl (C=O) groups excluding carboxylic acids is 1. The van der Waals surface area contributed by atoms with Crippen molar-refractivity contribution in [3.63, 3.8) is 0 Å². The molecule has 0 saturated heterocycles. The number of rotatable bonds is 6. The van der Waals surface area contributed by atoms with Gasteiger partial charge in [0.25, 0.3) is 0 Å². The van der Waals surface area contributed by atoms with E-state index in [1.165, 1.54) is 11.8 Å². The van der Waals surface area contributed by atoms with Crippen LogP contribution in [-0.2, 0) is 0 Å². The lowest BCUT2D eigenvalue weighted by atomic mass is 10.1. The maximum absolute atomic E-state index is 11.9. The van der Waals surface area contributed by atoms with Gasteiger partial charge < -0.3 is 5.11 Å². The molecule has 98 valence electrons. The van der Waals surface area contributed by atoms with Crippen molar-refractivity contribution in [3.8, 4) is 0 Å². The second kappa shape index (κ2) is 7.12. The van der Waals surface area contributed by atoms with Crippen molar-refractivity contribution in [3.05, 3.63) is 71.8 Å². The van der Waals surface area contributed by atoms with Crippen molar-refractivity contribution in [2.24, 2.45) is 0 Å². The average molecular weight is 272 g/mol. The van der Waals surface area contributed by atoms with Crippen molar-refractivity contribution in [2.75, 3.05) is 11.5 Å². The number of ketones is 1. The summed E-state index contributed by atoms with van der Waals surface area (Å²) >= 11 is 1.46. The number of aliphatic hydroxyl groups excluding tert-OH is 1. The molecule has 0 aliphatic carbocycles. The van der Waals surface area contributed by atoms with Crippen LogP contribution in [0.25, 0.3) is 0 Å². The summed E-state index contributed by atoms with van der Waals surface area (Å²) in [7, 11) is 0. The van der Waals surface area contributed by atoms with Crippen LogP contribution in [0.2, 0.25) is 0 Å². The molecule has 0 fully saturated rings. The number of benzene rings is 2. The average Bonchev–Trinajstić information content (AvgIpc) is 2.49. The van der Waals surface area contributed by atoms with Crippen molar-refractivity contribution in [1.29, 1.82) is 0 Å². The van der Waals surface area contributed by atoms with E-state index < -0.39 is 6.10 Å². The summed E-state index contributed by atoms with van der Waals surface area (Å²) < 4.78 is 0. The number of hydrogen-bond donors (Lipinski definition) is 1. The lowest BCUT2D eigenvalue weighted by Gasteiger charge is -2.10. The Bertz CT molecular complexity index is 511. The van der Waals surface area contributed by atoms with Crippen LogP contribution in [0.1, 0.15) is 22.0 Å². The van der Waals surface area contributed by atoms with Crippen molar-refractivity contribution < 1.29 is 9.90 Å². The van der Waals surface area contributed by atoms with Crippen molar-refractivity contribution >= 4 is 17.5 Å². The molecular formula is C16H16O2S. The lowest BCUT2D eigenvalue weighted by molar-refractivity contribution is 0.102. The monoisotopic (exact) mass is 272 g/mol. The van der Waals surface area contributed by atoms with Crippen LogP contribution in [0.4, 0.5) is 0 Å². The number of carbonyl (C=O) groups is 1. The van der Waals surface area contributed by atoms with E-state index in [9.17, 15) is 9.90 Å². The fraction of sp³-hybridized carbons (Fsp3) is 0.188. The molecule has 0 aliphatic heterocycles. The highest BCUT2D eigenvalue weighted by molar-refractivity contribution is 8.00. The number of hydrogen-bond acceptors (Lipinski definition) is 3. The third-order valence-electron chi connectivity index (χ3n) is 2.79. The molecule has 0 spiro atoms. The molecule has 1 unspecified atom stereocenters. The third kappa shape index (κ3) is 4.23. The summed E-state index contributed by atoms with van der Waals surface area (Å²) in [4.78, 5) is 11.9. The lowest BCUT2D eigenvalue weighted by Crippen LogP contribution is -2.06. The zero-order chi connectivity index (χ0) is 13.5. The first-order valence-electron chi connectivity index (χ1n) is 6.16. The van der Waals surface area contributed by atoms with Crippen LogP contribution in [0.3, 0.4) is 0 Å². The standard InChI is InChI=1S/C16H16O2S/c17-15(13-7-3-1-4-8-13)11-19-12-16(18)14-9-5-2-6-10-14/h1-10,15,17H,11-12H2. The van der Waals surface area contributed by atoms with E-state index in [4.69, 9.17) is 0 Å². The summed E-state index contributed by atoms with van der Waals surface area (Å²) in [6, 6.07) is 18.7. The highest BCUT2D eigenvalue weighted by Gasteiger charge is 2.09. The van der Waals surface area contributed by atoms with Gasteiger partial charge in [-0.15, -0.1) is 0 Å². The largest absolute Gasteiger partial charge is 0.388 e. The fourth-order valence-corrected chi connectivity index (χ4v) is 2.63. The summed E-state index contributed by atoms with van der Waals surface area (Å²) in [6.45, 7) is 0. The third-order valence-corrected chi connectivity index (χ3v) is 3.81. The van der Waals surface area contributed by atoms with Gasteiger partial charge in [-0.25, -0.2) is 0 Å². The Morgan fingerprint density at radius 3 is 2.21 bits per heavy atom. The Morgan fingerprint density at radius 1 is 1.00 bits per heavy atom. The Labute approximate surface area is 117 Å². The summed E-state index contributed by atoms with van der Waals surface area (Å²) in [6.07, 6.45) is -0.519. The summed E-state index contributed by atoms with van der Waals surface area (Å²) in [5, 5.41) is 9.97.